The molecular formula is C21H14F2N4OS. The number of hydrogen-bond acceptors (Lipinski definition) is 4. The zero-order valence-electron chi connectivity index (χ0n) is 15.2. The topological polar surface area (TPSA) is 70.2 Å². The second-order valence-corrected chi connectivity index (χ2v) is 7.37. The molecule has 0 aliphatic carbocycles. The first-order chi connectivity index (χ1) is 14.0. The number of thioether (sulfide) groups is 1. The number of imidazole rings is 1. The van der Waals surface area contributed by atoms with Crippen molar-refractivity contribution in [3.63, 3.8) is 0 Å². The first-order valence-corrected chi connectivity index (χ1v) is 9.65. The monoisotopic (exact) mass is 408 g/mol. The summed E-state index contributed by atoms with van der Waals surface area (Å²) in [5.74, 6) is -1.84. The lowest BCUT2D eigenvalue weighted by Gasteiger charge is -2.10. The molecule has 1 amide bonds. The fourth-order valence-electron chi connectivity index (χ4n) is 3.08. The molecule has 0 bridgehead atoms. The number of aryl methyl sites for hydroxylation is 1. The van der Waals surface area contributed by atoms with Crippen LogP contribution in [0.5, 0.6) is 0 Å². The Morgan fingerprint density at radius 3 is 2.83 bits per heavy atom. The Bertz CT molecular complexity index is 1310. The zero-order valence-corrected chi connectivity index (χ0v) is 16.1. The summed E-state index contributed by atoms with van der Waals surface area (Å²) >= 11 is 1.23. The van der Waals surface area contributed by atoms with Crippen LogP contribution in [-0.2, 0) is 4.79 Å². The maximum Gasteiger partial charge on any atom is 0.234 e. The zero-order chi connectivity index (χ0) is 20.5. The van der Waals surface area contributed by atoms with Crippen LogP contribution in [0.15, 0.2) is 53.6 Å². The number of amides is 1. The minimum atomic E-state index is -0.707. The van der Waals surface area contributed by atoms with E-state index in [0.29, 0.717) is 11.2 Å². The molecule has 1 N–H and O–H groups in total. The van der Waals surface area contributed by atoms with Gasteiger partial charge in [-0.1, -0.05) is 23.9 Å². The lowest BCUT2D eigenvalue weighted by atomic mass is 10.2. The molecule has 8 heteroatoms. The van der Waals surface area contributed by atoms with Crippen LogP contribution in [0.3, 0.4) is 0 Å². The Morgan fingerprint density at radius 1 is 1.24 bits per heavy atom. The van der Waals surface area contributed by atoms with E-state index in [1.807, 2.05) is 41.7 Å². The molecule has 2 aromatic heterocycles. The number of halogens is 2. The molecule has 0 saturated heterocycles. The summed E-state index contributed by atoms with van der Waals surface area (Å²) < 4.78 is 28.9. The number of nitrogens with zero attached hydrogens (tertiary/aromatic N) is 3. The van der Waals surface area contributed by atoms with E-state index < -0.39 is 17.5 Å². The molecule has 0 spiro atoms. The Balaban J connectivity index is 1.67. The second kappa shape index (κ2) is 7.53. The number of anilines is 1. The van der Waals surface area contributed by atoms with Gasteiger partial charge in [-0.25, -0.2) is 13.8 Å². The van der Waals surface area contributed by atoms with Crippen molar-refractivity contribution in [3.8, 4) is 6.07 Å². The molecule has 4 rings (SSSR count). The maximum absolute atomic E-state index is 13.7. The van der Waals surface area contributed by atoms with Gasteiger partial charge in [0.05, 0.1) is 33.1 Å². The van der Waals surface area contributed by atoms with E-state index in [0.717, 1.165) is 39.8 Å². The van der Waals surface area contributed by atoms with Crippen LogP contribution in [0.25, 0.3) is 16.7 Å². The third kappa shape index (κ3) is 3.52. The van der Waals surface area contributed by atoms with Crippen LogP contribution in [0.2, 0.25) is 0 Å². The smallest absolute Gasteiger partial charge is 0.234 e. The summed E-state index contributed by atoms with van der Waals surface area (Å²) in [6, 6.07) is 14.4. The van der Waals surface area contributed by atoms with Crippen LogP contribution < -0.4 is 5.32 Å². The Hall–Kier alpha value is -3.44. The van der Waals surface area contributed by atoms with Crippen molar-refractivity contribution in [3.05, 3.63) is 71.3 Å². The van der Waals surface area contributed by atoms with Crippen LogP contribution in [0.4, 0.5) is 14.5 Å². The number of carbonyl (C=O) groups excluding carboxylic acids is 1. The summed E-state index contributed by atoms with van der Waals surface area (Å²) in [6.07, 6.45) is 0. The van der Waals surface area contributed by atoms with E-state index in [9.17, 15) is 18.8 Å². The van der Waals surface area contributed by atoms with Crippen LogP contribution in [-0.4, -0.2) is 21.0 Å². The van der Waals surface area contributed by atoms with Crippen LogP contribution >= 0.6 is 11.8 Å². The van der Waals surface area contributed by atoms with Crippen molar-refractivity contribution in [2.24, 2.45) is 0 Å². The summed E-state index contributed by atoms with van der Waals surface area (Å²) in [5.41, 5.74) is 3.09. The van der Waals surface area contributed by atoms with Gasteiger partial charge in [0, 0.05) is 6.07 Å². The summed E-state index contributed by atoms with van der Waals surface area (Å²) in [7, 11) is 0. The number of nitriles is 1. The highest BCUT2D eigenvalue weighted by Gasteiger charge is 2.16. The largest absolute Gasteiger partial charge is 0.323 e. The predicted octanol–water partition coefficient (Wildman–Crippen LogP) is 4.68. The van der Waals surface area contributed by atoms with Crippen molar-refractivity contribution < 1.29 is 13.6 Å². The number of rotatable bonds is 4. The molecule has 5 nitrogen and oxygen atoms in total. The van der Waals surface area contributed by atoms with Crippen molar-refractivity contribution in [1.29, 1.82) is 5.26 Å². The number of hydrogen-bond donors (Lipinski definition) is 1. The van der Waals surface area contributed by atoms with E-state index in [4.69, 9.17) is 0 Å². The molecule has 0 saturated carbocycles. The van der Waals surface area contributed by atoms with Gasteiger partial charge in [-0.3, -0.25) is 9.20 Å². The number of aromatic nitrogens is 2. The summed E-state index contributed by atoms with van der Waals surface area (Å²) in [6.45, 7) is 1.81. The van der Waals surface area contributed by atoms with E-state index >= 15 is 0 Å². The number of para-hydroxylation sites is 2. The summed E-state index contributed by atoms with van der Waals surface area (Å²) in [5, 5.41) is 12.6. The third-order valence-electron chi connectivity index (χ3n) is 4.40. The highest BCUT2D eigenvalue weighted by Crippen LogP contribution is 2.29. The molecule has 4 aromatic rings. The average Bonchev–Trinajstić information content (AvgIpc) is 3.08. The minimum Gasteiger partial charge on any atom is -0.323 e. The van der Waals surface area contributed by atoms with Gasteiger partial charge in [-0.05, 0) is 42.8 Å². The molecule has 144 valence electrons. The third-order valence-corrected chi connectivity index (χ3v) is 5.41. The summed E-state index contributed by atoms with van der Waals surface area (Å²) in [4.78, 5) is 16.9. The van der Waals surface area contributed by atoms with Gasteiger partial charge in [-0.2, -0.15) is 5.26 Å². The average molecular weight is 408 g/mol. The van der Waals surface area contributed by atoms with Gasteiger partial charge in [0.25, 0.3) is 0 Å². The molecule has 2 heterocycles. The number of pyridine rings is 1. The Morgan fingerprint density at radius 2 is 2.03 bits per heavy atom. The van der Waals surface area contributed by atoms with Crippen LogP contribution in [0, 0.1) is 29.9 Å². The van der Waals surface area contributed by atoms with E-state index in [1.165, 1.54) is 11.8 Å². The SMILES string of the molecule is Cc1cc(SCC(=O)Nc2cc(F)ccc2F)n2c(nc3ccccc32)c1C#N. The number of benzene rings is 2. The van der Waals surface area contributed by atoms with Crippen molar-refractivity contribution in [1.82, 2.24) is 9.38 Å². The number of carbonyl (C=O) groups is 1. The highest BCUT2D eigenvalue weighted by molar-refractivity contribution is 7.99. The molecule has 2 aromatic carbocycles. The van der Waals surface area contributed by atoms with E-state index in [-0.39, 0.29) is 11.4 Å². The van der Waals surface area contributed by atoms with Gasteiger partial charge in [-0.15, -0.1) is 0 Å². The standard InChI is InChI=1S/C21H14F2N4OS/c1-12-8-20(29-11-19(28)25-17-9-13(22)6-7-15(17)23)27-18-5-3-2-4-16(18)26-21(27)14(12)10-24/h2-9H,11H2,1H3,(H,25,28). The van der Waals surface area contributed by atoms with Crippen LogP contribution in [0.1, 0.15) is 11.1 Å². The molecule has 0 aliphatic heterocycles. The number of nitrogens with one attached hydrogen (secondary N) is 1. The van der Waals surface area contributed by atoms with Gasteiger partial charge in [0.1, 0.15) is 17.7 Å². The fraction of sp³-hybridized carbons (Fsp3) is 0.0952. The minimum absolute atomic E-state index is 0.0249. The first kappa shape index (κ1) is 18.9. The molecular weight excluding hydrogens is 394 g/mol. The van der Waals surface area contributed by atoms with Gasteiger partial charge < -0.3 is 5.32 Å². The van der Waals surface area contributed by atoms with Crippen molar-refractivity contribution >= 4 is 40.0 Å². The van der Waals surface area contributed by atoms with Gasteiger partial charge in [0.15, 0.2) is 5.65 Å². The maximum atomic E-state index is 13.7. The highest BCUT2D eigenvalue weighted by atomic mass is 32.2. The predicted molar refractivity (Wildman–Crippen MR) is 108 cm³/mol. The van der Waals surface area contributed by atoms with E-state index in [1.54, 1.807) is 0 Å². The second-order valence-electron chi connectivity index (χ2n) is 6.37. The molecule has 0 fully saturated rings. The van der Waals surface area contributed by atoms with Gasteiger partial charge in [0.2, 0.25) is 5.91 Å². The lowest BCUT2D eigenvalue weighted by Crippen LogP contribution is -2.15. The Labute approximate surface area is 169 Å². The fourth-order valence-corrected chi connectivity index (χ4v) is 4.00. The van der Waals surface area contributed by atoms with Gasteiger partial charge >= 0.3 is 0 Å². The molecule has 0 radical (unpaired) electrons. The number of fused-ring (bicyclic) bond motifs is 3. The Kier molecular flexibility index (Phi) is 4.91. The molecule has 0 unspecified atom stereocenters. The molecule has 0 atom stereocenters. The van der Waals surface area contributed by atoms with E-state index in [2.05, 4.69) is 16.4 Å². The lowest BCUT2D eigenvalue weighted by molar-refractivity contribution is -0.113. The molecule has 29 heavy (non-hydrogen) atoms. The quantitative estimate of drug-likeness (QED) is 0.498. The molecule has 0 aliphatic rings. The first-order valence-electron chi connectivity index (χ1n) is 8.66. The normalized spacial score (nSPS) is 11.0. The van der Waals surface area contributed by atoms with Crippen molar-refractivity contribution in [2.75, 3.05) is 11.1 Å². The van der Waals surface area contributed by atoms with Crippen molar-refractivity contribution in [2.45, 2.75) is 11.9 Å².